The van der Waals surface area contributed by atoms with Crippen LogP contribution in [0.25, 0.3) is 0 Å². The van der Waals surface area contributed by atoms with Gasteiger partial charge in [0.1, 0.15) is 5.75 Å². The van der Waals surface area contributed by atoms with Gasteiger partial charge in [-0.15, -0.1) is 10.5 Å². The van der Waals surface area contributed by atoms with Crippen LogP contribution in [0.5, 0.6) is 5.75 Å². The van der Waals surface area contributed by atoms with E-state index in [9.17, 15) is 0 Å². The molecule has 0 atom stereocenters. The number of hydrogen-bond acceptors (Lipinski definition) is 2. The summed E-state index contributed by atoms with van der Waals surface area (Å²) in [6.07, 6.45) is 5.22. The van der Waals surface area contributed by atoms with Crippen molar-refractivity contribution in [3.63, 3.8) is 0 Å². The molecular weight excluding hydrogens is 246 g/mol. The third kappa shape index (κ3) is 5.63. The van der Waals surface area contributed by atoms with Crippen molar-refractivity contribution in [3.8, 4) is 5.75 Å². The van der Waals surface area contributed by atoms with E-state index in [4.69, 9.17) is 22.7 Å². The zero-order valence-corrected chi connectivity index (χ0v) is 11.4. The molecule has 18 heavy (non-hydrogen) atoms. The fraction of sp³-hybridized carbons (Fsp3) is 0.385. The number of benzene rings is 1. The van der Waals surface area contributed by atoms with E-state index in [-0.39, 0.29) is 5.11 Å². The van der Waals surface area contributed by atoms with E-state index < -0.39 is 0 Å². The normalized spacial score (nSPS) is 10.5. The molecule has 98 valence electrons. The van der Waals surface area contributed by atoms with Crippen LogP contribution >= 0.6 is 12.2 Å². The molecular formula is C13H20N3OS+. The zero-order chi connectivity index (χ0) is 13.2. The highest BCUT2D eigenvalue weighted by atomic mass is 32.1. The number of hydrazine groups is 1. The Labute approximate surface area is 113 Å². The summed E-state index contributed by atoms with van der Waals surface area (Å²) in [5, 5.41) is 3.02. The minimum atomic E-state index is 0.201. The van der Waals surface area contributed by atoms with E-state index >= 15 is 0 Å². The summed E-state index contributed by atoms with van der Waals surface area (Å²) >= 11 is 4.70. The van der Waals surface area contributed by atoms with E-state index in [0.717, 1.165) is 24.3 Å². The SMILES string of the molecule is CCCCCOc1ccccc1C=[NH+]NC(N)=S. The second-order valence-electron chi connectivity index (χ2n) is 3.87. The van der Waals surface area contributed by atoms with Crippen LogP contribution in [-0.4, -0.2) is 17.9 Å². The predicted molar refractivity (Wildman–Crippen MR) is 77.5 cm³/mol. The lowest BCUT2D eigenvalue weighted by Crippen LogP contribution is -2.82. The molecule has 0 fully saturated rings. The Balaban J connectivity index is 2.56. The molecule has 5 heteroatoms. The number of hydrazone groups is 1. The molecule has 1 rings (SSSR count). The number of nitrogens with one attached hydrogen (secondary N) is 2. The molecule has 0 aliphatic carbocycles. The lowest BCUT2D eigenvalue weighted by atomic mass is 10.2. The van der Waals surface area contributed by atoms with E-state index in [1.165, 1.54) is 12.8 Å². The van der Waals surface area contributed by atoms with Crippen molar-refractivity contribution in [1.82, 2.24) is 5.43 Å². The maximum Gasteiger partial charge on any atom is 0.221 e. The number of rotatable bonds is 7. The number of para-hydroxylation sites is 1. The smallest absolute Gasteiger partial charge is 0.221 e. The van der Waals surface area contributed by atoms with Crippen LogP contribution in [0.2, 0.25) is 0 Å². The van der Waals surface area contributed by atoms with Crippen LogP contribution in [-0.2, 0) is 0 Å². The molecule has 0 bridgehead atoms. The molecule has 0 saturated heterocycles. The van der Waals surface area contributed by atoms with Gasteiger partial charge in [0, 0.05) is 0 Å². The van der Waals surface area contributed by atoms with Crippen LogP contribution in [0, 0.1) is 0 Å². The number of thiocarbonyl (C=S) groups is 1. The van der Waals surface area contributed by atoms with Gasteiger partial charge < -0.3 is 10.5 Å². The summed E-state index contributed by atoms with van der Waals surface area (Å²) in [5.41, 5.74) is 8.92. The zero-order valence-electron chi connectivity index (χ0n) is 10.6. The molecule has 0 aromatic heterocycles. The van der Waals surface area contributed by atoms with Gasteiger partial charge in [-0.25, -0.2) is 0 Å². The number of nitrogens with two attached hydrogens (primary N) is 1. The standard InChI is InChI=1S/C13H19N3OS/c1-2-3-6-9-17-12-8-5-4-7-11(12)10-15-16-13(14)18/h4-5,7-8,10H,2-3,6,9H2,1H3,(H3,14,16,18)/p+1. The summed E-state index contributed by atoms with van der Waals surface area (Å²) in [6, 6.07) is 7.81. The lowest BCUT2D eigenvalue weighted by molar-refractivity contribution is -0.499. The maximum absolute atomic E-state index is 5.73. The molecule has 0 aliphatic rings. The topological polar surface area (TPSA) is 61.2 Å². The van der Waals surface area contributed by atoms with Gasteiger partial charge in [0.25, 0.3) is 0 Å². The van der Waals surface area contributed by atoms with Gasteiger partial charge in [0.05, 0.1) is 12.2 Å². The van der Waals surface area contributed by atoms with Gasteiger partial charge in [-0.3, -0.25) is 0 Å². The quantitative estimate of drug-likeness (QED) is 0.291. The first-order chi connectivity index (χ1) is 8.74. The molecule has 0 spiro atoms. The van der Waals surface area contributed by atoms with E-state index in [0.29, 0.717) is 0 Å². The van der Waals surface area contributed by atoms with Crippen LogP contribution in [0.15, 0.2) is 24.3 Å². The van der Waals surface area contributed by atoms with Crippen LogP contribution in [0.1, 0.15) is 31.7 Å². The molecule has 0 unspecified atom stereocenters. The highest BCUT2D eigenvalue weighted by molar-refractivity contribution is 7.80. The fourth-order valence-electron chi connectivity index (χ4n) is 1.45. The number of hydrogen-bond donors (Lipinski definition) is 3. The Morgan fingerprint density at radius 1 is 1.44 bits per heavy atom. The summed E-state index contributed by atoms with van der Waals surface area (Å²) in [5.74, 6) is 0.853. The first-order valence-corrected chi connectivity index (χ1v) is 6.51. The van der Waals surface area contributed by atoms with Gasteiger partial charge in [0.2, 0.25) is 11.3 Å². The largest absolute Gasteiger partial charge is 0.493 e. The van der Waals surface area contributed by atoms with E-state index in [2.05, 4.69) is 17.5 Å². The number of unbranched alkanes of at least 4 members (excludes halogenated alkanes) is 2. The van der Waals surface area contributed by atoms with Gasteiger partial charge in [-0.2, -0.15) is 0 Å². The van der Waals surface area contributed by atoms with Crippen molar-refractivity contribution in [3.05, 3.63) is 29.8 Å². The van der Waals surface area contributed by atoms with Gasteiger partial charge >= 0.3 is 0 Å². The van der Waals surface area contributed by atoms with Crippen molar-refractivity contribution in [2.75, 3.05) is 6.61 Å². The molecule has 4 nitrogen and oxygen atoms in total. The highest BCUT2D eigenvalue weighted by Gasteiger charge is 2.02. The minimum Gasteiger partial charge on any atom is -0.493 e. The molecule has 1 aromatic rings. The van der Waals surface area contributed by atoms with Crippen molar-refractivity contribution in [1.29, 1.82) is 0 Å². The third-order valence-corrected chi connectivity index (χ3v) is 2.45. The van der Waals surface area contributed by atoms with Crippen molar-refractivity contribution < 1.29 is 9.84 Å². The molecule has 0 radical (unpaired) electrons. The van der Waals surface area contributed by atoms with Gasteiger partial charge in [-0.05, 0) is 30.8 Å². The Hall–Kier alpha value is -1.62. The van der Waals surface area contributed by atoms with Crippen molar-refractivity contribution >= 4 is 23.5 Å². The monoisotopic (exact) mass is 266 g/mol. The molecule has 0 aliphatic heterocycles. The number of ether oxygens (including phenoxy) is 1. The minimum absolute atomic E-state index is 0.201. The predicted octanol–water partition coefficient (Wildman–Crippen LogP) is 0.503. The van der Waals surface area contributed by atoms with Gasteiger partial charge in [-0.1, -0.05) is 31.9 Å². The summed E-state index contributed by atoms with van der Waals surface area (Å²) < 4.78 is 5.73. The summed E-state index contributed by atoms with van der Waals surface area (Å²) in [7, 11) is 0. The Bertz CT molecular complexity index is 407. The van der Waals surface area contributed by atoms with Crippen LogP contribution < -0.4 is 21.0 Å². The van der Waals surface area contributed by atoms with E-state index in [1.807, 2.05) is 24.3 Å². The van der Waals surface area contributed by atoms with Crippen LogP contribution in [0.3, 0.4) is 0 Å². The maximum atomic E-state index is 5.73. The fourth-order valence-corrected chi connectivity index (χ4v) is 1.51. The average Bonchev–Trinajstić information content (AvgIpc) is 2.36. The van der Waals surface area contributed by atoms with Gasteiger partial charge in [0.15, 0.2) is 0 Å². The second kappa shape index (κ2) is 8.47. The molecule has 0 heterocycles. The lowest BCUT2D eigenvalue weighted by Gasteiger charge is -2.07. The average molecular weight is 266 g/mol. The van der Waals surface area contributed by atoms with Crippen molar-refractivity contribution in [2.24, 2.45) is 5.73 Å². The Morgan fingerprint density at radius 2 is 2.22 bits per heavy atom. The Morgan fingerprint density at radius 3 is 2.94 bits per heavy atom. The van der Waals surface area contributed by atoms with Crippen LogP contribution in [0.4, 0.5) is 0 Å². The molecule has 0 saturated carbocycles. The van der Waals surface area contributed by atoms with E-state index in [1.54, 1.807) is 6.21 Å². The highest BCUT2D eigenvalue weighted by Crippen LogP contribution is 2.15. The Kier molecular flexibility index (Phi) is 6.79. The molecule has 4 N–H and O–H groups in total. The molecule has 0 amide bonds. The second-order valence-corrected chi connectivity index (χ2v) is 4.31. The summed E-state index contributed by atoms with van der Waals surface area (Å²) in [4.78, 5) is 0. The summed E-state index contributed by atoms with van der Waals surface area (Å²) in [6.45, 7) is 2.91. The molecule has 1 aromatic carbocycles. The first kappa shape index (κ1) is 14.4. The first-order valence-electron chi connectivity index (χ1n) is 6.10. The third-order valence-electron chi connectivity index (χ3n) is 2.35. The van der Waals surface area contributed by atoms with Crippen molar-refractivity contribution in [2.45, 2.75) is 26.2 Å².